The predicted octanol–water partition coefficient (Wildman–Crippen LogP) is 3.19. The quantitative estimate of drug-likeness (QED) is 0.656. The van der Waals surface area contributed by atoms with E-state index in [9.17, 15) is 9.59 Å². The van der Waals surface area contributed by atoms with Crippen molar-refractivity contribution in [3.8, 4) is 0 Å². The number of carboxylic acids is 1. The lowest BCUT2D eigenvalue weighted by molar-refractivity contribution is -0.144. The maximum atomic E-state index is 11.9. The van der Waals surface area contributed by atoms with E-state index in [4.69, 9.17) is 28.3 Å². The number of carboxylic acid groups (broad SMARTS) is 1. The summed E-state index contributed by atoms with van der Waals surface area (Å²) in [5.74, 6) is -2.56. The number of benzene rings is 1. The van der Waals surface area contributed by atoms with Crippen molar-refractivity contribution in [2.75, 3.05) is 11.4 Å². The molecule has 0 spiro atoms. The summed E-state index contributed by atoms with van der Waals surface area (Å²) in [5.41, 5.74) is 0.443. The first-order valence-electron chi connectivity index (χ1n) is 5.11. The zero-order valence-electron chi connectivity index (χ0n) is 8.99. The first kappa shape index (κ1) is 13.6. The first-order valence-corrected chi connectivity index (χ1v) is 6.66. The van der Waals surface area contributed by atoms with E-state index in [0.717, 1.165) is 0 Å². The van der Waals surface area contributed by atoms with Gasteiger partial charge in [0.2, 0.25) is 5.91 Å². The number of nitrogens with zero attached hydrogens (tertiary/aromatic N) is 1. The second-order valence-electron chi connectivity index (χ2n) is 3.86. The first-order chi connectivity index (χ1) is 8.43. The van der Waals surface area contributed by atoms with Crippen molar-refractivity contribution in [1.82, 2.24) is 0 Å². The van der Waals surface area contributed by atoms with Crippen LogP contribution in [0.1, 0.15) is 6.42 Å². The summed E-state index contributed by atoms with van der Waals surface area (Å²) in [5, 5.41) is 9.45. The highest BCUT2D eigenvalue weighted by Gasteiger charge is 2.38. The van der Waals surface area contributed by atoms with Gasteiger partial charge >= 0.3 is 5.97 Å². The third-order valence-corrected chi connectivity index (χ3v) is 4.57. The van der Waals surface area contributed by atoms with Crippen LogP contribution in [0.15, 0.2) is 16.6 Å². The fourth-order valence-corrected chi connectivity index (χ4v) is 2.74. The molecular formula is C11H8BrCl2NO3. The third-order valence-electron chi connectivity index (χ3n) is 2.81. The smallest absolute Gasteiger partial charge is 0.316 e. The number of anilines is 1. The van der Waals surface area contributed by atoms with Crippen molar-refractivity contribution in [2.24, 2.45) is 5.92 Å². The van der Waals surface area contributed by atoms with Gasteiger partial charge in [-0.05, 0) is 34.5 Å². The molecule has 0 bridgehead atoms. The number of aliphatic carboxylic acids is 1. The second kappa shape index (κ2) is 5.07. The van der Waals surface area contributed by atoms with Gasteiger partial charge in [0.05, 0.1) is 15.7 Å². The fraction of sp³-hybridized carbons (Fsp3) is 0.273. The molecule has 1 atom stereocenters. The van der Waals surface area contributed by atoms with Crippen molar-refractivity contribution in [2.45, 2.75) is 6.42 Å². The minimum Gasteiger partial charge on any atom is -0.481 e. The van der Waals surface area contributed by atoms with Crippen LogP contribution in [0.5, 0.6) is 0 Å². The number of carbonyl (C=O) groups excluding carboxylic acids is 1. The lowest BCUT2D eigenvalue weighted by Crippen LogP contribution is -2.30. The van der Waals surface area contributed by atoms with Gasteiger partial charge in [0.25, 0.3) is 0 Å². The summed E-state index contributed by atoms with van der Waals surface area (Å²) >= 11 is 15.3. The predicted molar refractivity (Wildman–Crippen MR) is 72.3 cm³/mol. The van der Waals surface area contributed by atoms with Gasteiger partial charge in [-0.2, -0.15) is 0 Å². The molecule has 18 heavy (non-hydrogen) atoms. The van der Waals surface area contributed by atoms with Crippen LogP contribution in [0.2, 0.25) is 10.0 Å². The summed E-state index contributed by atoms with van der Waals surface area (Å²) in [6, 6.07) is 3.31. The molecule has 1 unspecified atom stereocenters. The summed E-state index contributed by atoms with van der Waals surface area (Å²) < 4.78 is 0.624. The minimum absolute atomic E-state index is 0.241. The third kappa shape index (κ3) is 2.22. The zero-order valence-corrected chi connectivity index (χ0v) is 12.1. The Morgan fingerprint density at radius 1 is 1.39 bits per heavy atom. The number of halogens is 3. The highest BCUT2D eigenvalue weighted by molar-refractivity contribution is 9.10. The van der Waals surface area contributed by atoms with Gasteiger partial charge in [0.15, 0.2) is 0 Å². The van der Waals surface area contributed by atoms with E-state index < -0.39 is 17.8 Å². The normalized spacial score (nSPS) is 19.4. The van der Waals surface area contributed by atoms with Crippen LogP contribution in [-0.4, -0.2) is 23.5 Å². The summed E-state index contributed by atoms with van der Waals surface area (Å²) in [6.07, 6.45) is 0.276. The van der Waals surface area contributed by atoms with Crippen LogP contribution in [0.3, 0.4) is 0 Å². The number of rotatable bonds is 2. The van der Waals surface area contributed by atoms with Crippen molar-refractivity contribution < 1.29 is 14.7 Å². The van der Waals surface area contributed by atoms with Crippen LogP contribution < -0.4 is 4.90 Å². The maximum Gasteiger partial charge on any atom is 0.316 e. The molecule has 1 heterocycles. The van der Waals surface area contributed by atoms with E-state index in [1.807, 2.05) is 0 Å². The van der Waals surface area contributed by atoms with Gasteiger partial charge in [-0.25, -0.2) is 0 Å². The molecule has 1 aromatic rings. The van der Waals surface area contributed by atoms with Crippen LogP contribution in [0.4, 0.5) is 5.69 Å². The van der Waals surface area contributed by atoms with E-state index in [1.54, 1.807) is 12.1 Å². The molecule has 1 aliphatic rings. The Labute approximate surface area is 122 Å². The average molecular weight is 353 g/mol. The number of carbonyl (C=O) groups is 2. The van der Waals surface area contributed by atoms with E-state index in [0.29, 0.717) is 21.7 Å². The van der Waals surface area contributed by atoms with Crippen LogP contribution >= 0.6 is 39.1 Å². The van der Waals surface area contributed by atoms with E-state index in [1.165, 1.54) is 4.90 Å². The van der Waals surface area contributed by atoms with Crippen LogP contribution in [0.25, 0.3) is 0 Å². The van der Waals surface area contributed by atoms with Gasteiger partial charge < -0.3 is 10.0 Å². The molecule has 4 nitrogen and oxygen atoms in total. The molecule has 1 aromatic carbocycles. The molecule has 1 N–H and O–H groups in total. The standard InChI is InChI=1S/C11H8BrCl2NO3/c12-6-1-2-7(9(14)8(6)13)15-4-3-5(10(15)16)11(17)18/h1-2,5H,3-4H2,(H,17,18). The Kier molecular flexibility index (Phi) is 3.84. The molecule has 2 rings (SSSR count). The number of hydrogen-bond acceptors (Lipinski definition) is 2. The van der Waals surface area contributed by atoms with E-state index >= 15 is 0 Å². The highest BCUT2D eigenvalue weighted by Crippen LogP contribution is 2.39. The Bertz CT molecular complexity index is 535. The fourth-order valence-electron chi connectivity index (χ4n) is 1.87. The topological polar surface area (TPSA) is 57.6 Å². The second-order valence-corrected chi connectivity index (χ2v) is 5.47. The molecule has 0 aliphatic carbocycles. The van der Waals surface area contributed by atoms with Gasteiger partial charge in [0, 0.05) is 11.0 Å². The summed E-state index contributed by atoms with van der Waals surface area (Å²) in [6.45, 7) is 0.327. The Morgan fingerprint density at radius 3 is 2.61 bits per heavy atom. The van der Waals surface area contributed by atoms with Crippen LogP contribution in [0, 0.1) is 5.92 Å². The van der Waals surface area contributed by atoms with Crippen molar-refractivity contribution in [1.29, 1.82) is 0 Å². The molecular weight excluding hydrogens is 345 g/mol. The van der Waals surface area contributed by atoms with Crippen molar-refractivity contribution >= 4 is 56.7 Å². The molecule has 1 amide bonds. The van der Waals surface area contributed by atoms with Gasteiger partial charge in [-0.3, -0.25) is 9.59 Å². The lowest BCUT2D eigenvalue weighted by Gasteiger charge is -2.18. The summed E-state index contributed by atoms with van der Waals surface area (Å²) in [4.78, 5) is 24.2. The number of amides is 1. The Morgan fingerprint density at radius 2 is 2.06 bits per heavy atom. The van der Waals surface area contributed by atoms with Gasteiger partial charge in [-0.15, -0.1) is 0 Å². The molecule has 0 aromatic heterocycles. The minimum atomic E-state index is -1.11. The Balaban J connectivity index is 2.37. The average Bonchev–Trinajstić information content (AvgIpc) is 2.69. The summed E-state index contributed by atoms with van der Waals surface area (Å²) in [7, 11) is 0. The molecule has 96 valence electrons. The lowest BCUT2D eigenvalue weighted by atomic mass is 10.1. The SMILES string of the molecule is O=C(O)C1CCN(c2ccc(Br)c(Cl)c2Cl)C1=O. The zero-order chi connectivity index (χ0) is 13.4. The molecule has 7 heteroatoms. The highest BCUT2D eigenvalue weighted by atomic mass is 79.9. The van der Waals surface area contributed by atoms with Gasteiger partial charge in [0.1, 0.15) is 5.92 Å². The van der Waals surface area contributed by atoms with E-state index in [2.05, 4.69) is 15.9 Å². The van der Waals surface area contributed by atoms with Gasteiger partial charge in [-0.1, -0.05) is 23.2 Å². The van der Waals surface area contributed by atoms with Crippen molar-refractivity contribution in [3.63, 3.8) is 0 Å². The maximum absolute atomic E-state index is 11.9. The molecule has 0 radical (unpaired) electrons. The monoisotopic (exact) mass is 351 g/mol. The number of hydrogen-bond donors (Lipinski definition) is 1. The molecule has 1 fully saturated rings. The largest absolute Gasteiger partial charge is 0.481 e. The van der Waals surface area contributed by atoms with Crippen LogP contribution in [-0.2, 0) is 9.59 Å². The molecule has 1 aliphatic heterocycles. The van der Waals surface area contributed by atoms with Crippen molar-refractivity contribution in [3.05, 3.63) is 26.7 Å². The van der Waals surface area contributed by atoms with E-state index in [-0.39, 0.29) is 11.4 Å². The molecule has 0 saturated carbocycles. The Hall–Kier alpha value is -0.780. The molecule has 1 saturated heterocycles.